The van der Waals surface area contributed by atoms with Crippen LogP contribution in [-0.2, 0) is 23.4 Å². The zero-order valence-electron chi connectivity index (χ0n) is 22.7. The number of carbonyl (C=O) groups is 2. The van der Waals surface area contributed by atoms with E-state index in [1.54, 1.807) is 25.1 Å². The second-order valence-electron chi connectivity index (χ2n) is 10.2. The minimum absolute atomic E-state index is 0.100. The van der Waals surface area contributed by atoms with Crippen molar-refractivity contribution in [2.45, 2.75) is 108 Å². The summed E-state index contributed by atoms with van der Waals surface area (Å²) in [4.78, 5) is 25.1. The number of thioether (sulfide) groups is 1. The van der Waals surface area contributed by atoms with Gasteiger partial charge >= 0.3 is 18.1 Å². The van der Waals surface area contributed by atoms with E-state index in [0.29, 0.717) is 5.75 Å². The van der Waals surface area contributed by atoms with Gasteiger partial charge in [-0.25, -0.2) is 9.59 Å². The van der Waals surface area contributed by atoms with Crippen LogP contribution in [0.2, 0.25) is 16.6 Å². The maximum Gasteiger partial charge on any atom is 0.490 e. The zero-order valence-corrected chi connectivity index (χ0v) is 24.5. The molecule has 11 heteroatoms. The summed E-state index contributed by atoms with van der Waals surface area (Å²) in [6, 6.07) is 8.08. The Kier molecular flexibility index (Phi) is 11.1. The lowest BCUT2D eigenvalue weighted by Crippen LogP contribution is -2.64. The molecule has 1 heterocycles. The number of esters is 2. The van der Waals surface area contributed by atoms with Crippen LogP contribution in [0.5, 0.6) is 0 Å². The molecule has 1 aliphatic rings. The van der Waals surface area contributed by atoms with Crippen LogP contribution >= 0.6 is 11.8 Å². The van der Waals surface area contributed by atoms with Crippen molar-refractivity contribution in [3.63, 3.8) is 0 Å². The quantitative estimate of drug-likeness (QED) is 0.230. The smallest absolute Gasteiger partial charge is 0.452 e. The van der Waals surface area contributed by atoms with E-state index in [0.717, 1.165) is 0 Å². The Hall–Kier alpha value is -1.56. The third-order valence-electron chi connectivity index (χ3n) is 6.83. The second-order valence-corrected chi connectivity index (χ2v) is 17.0. The summed E-state index contributed by atoms with van der Waals surface area (Å²) >= 11 is 1.36. The molecular weight excluding hydrogens is 525 g/mol. The molecule has 1 saturated heterocycles. The van der Waals surface area contributed by atoms with Gasteiger partial charge in [0, 0.05) is 0 Å². The fourth-order valence-electron chi connectivity index (χ4n) is 5.29. The Balaban J connectivity index is 2.60. The highest BCUT2D eigenvalue weighted by Crippen LogP contribution is 2.46. The first-order chi connectivity index (χ1) is 17.2. The van der Waals surface area contributed by atoms with Gasteiger partial charge in [-0.2, -0.15) is 13.2 Å². The Morgan fingerprint density at radius 2 is 1.49 bits per heavy atom. The molecule has 1 aromatic rings. The molecule has 0 unspecified atom stereocenters. The van der Waals surface area contributed by atoms with Crippen molar-refractivity contribution in [2.24, 2.45) is 0 Å². The van der Waals surface area contributed by atoms with Crippen molar-refractivity contribution in [2.75, 3.05) is 5.75 Å². The van der Waals surface area contributed by atoms with Crippen LogP contribution in [0.25, 0.3) is 0 Å². The number of ether oxygens (including phenoxy) is 3. The number of rotatable bonds is 10. The van der Waals surface area contributed by atoms with Gasteiger partial charge in [-0.3, -0.25) is 0 Å². The van der Waals surface area contributed by atoms with Crippen molar-refractivity contribution >= 4 is 32.0 Å². The predicted octanol–water partition coefficient (Wildman–Crippen LogP) is 6.74. The Labute approximate surface area is 223 Å². The van der Waals surface area contributed by atoms with E-state index in [-0.39, 0.29) is 22.2 Å². The first-order valence-corrected chi connectivity index (χ1v) is 15.8. The Morgan fingerprint density at radius 1 is 0.946 bits per heavy atom. The zero-order chi connectivity index (χ0) is 28.1. The van der Waals surface area contributed by atoms with Gasteiger partial charge in [0.2, 0.25) is 8.32 Å². The summed E-state index contributed by atoms with van der Waals surface area (Å²) in [7, 11) is -2.69. The summed E-state index contributed by atoms with van der Waals surface area (Å²) in [5, 5.41) is 0. The van der Waals surface area contributed by atoms with Crippen LogP contribution < -0.4 is 0 Å². The molecule has 1 fully saturated rings. The van der Waals surface area contributed by atoms with Gasteiger partial charge in [-0.15, -0.1) is 11.8 Å². The van der Waals surface area contributed by atoms with Crippen LogP contribution in [0.4, 0.5) is 13.2 Å². The first-order valence-electron chi connectivity index (χ1n) is 12.6. The van der Waals surface area contributed by atoms with Gasteiger partial charge in [-0.05, 0) is 41.4 Å². The largest absolute Gasteiger partial charge is 0.490 e. The monoisotopic (exact) mass is 564 g/mol. The maximum absolute atomic E-state index is 13.4. The molecule has 0 aromatic heterocycles. The van der Waals surface area contributed by atoms with Crippen molar-refractivity contribution < 1.29 is 41.4 Å². The third-order valence-corrected chi connectivity index (χ3v) is 14.0. The molecule has 0 N–H and O–H groups in total. The standard InChI is InChI=1S/C26H39F3O6SSi/c1-9-36-24-22(35-37(15(2)3,16(4)5)17(6)7)21(34-25(31)26(27,28)29)20(18(8)32-24)33-23(30)19-13-11-10-12-14-19/h10-18,20-22,24H,9H2,1-8H3/t18-,20+,21+,22-,24+/m0/s1. The molecule has 37 heavy (non-hydrogen) atoms. The lowest BCUT2D eigenvalue weighted by Gasteiger charge is -2.51. The van der Waals surface area contributed by atoms with Crippen LogP contribution in [0.1, 0.15) is 65.7 Å². The molecule has 1 aliphatic heterocycles. The van der Waals surface area contributed by atoms with E-state index in [4.69, 9.17) is 18.6 Å². The van der Waals surface area contributed by atoms with Crippen molar-refractivity contribution in [3.8, 4) is 0 Å². The normalized spacial score (nSPS) is 25.0. The van der Waals surface area contributed by atoms with E-state index in [1.165, 1.54) is 23.9 Å². The fraction of sp³-hybridized carbons (Fsp3) is 0.692. The van der Waals surface area contributed by atoms with E-state index >= 15 is 0 Å². The van der Waals surface area contributed by atoms with E-state index in [1.807, 2.05) is 48.5 Å². The summed E-state index contributed by atoms with van der Waals surface area (Å²) in [5.41, 5.74) is -0.204. The number of halogens is 3. The molecular formula is C26H39F3O6SSi. The summed E-state index contributed by atoms with van der Waals surface area (Å²) in [5.74, 6) is -2.52. The third kappa shape index (κ3) is 7.30. The van der Waals surface area contributed by atoms with Crippen molar-refractivity contribution in [1.29, 1.82) is 0 Å². The van der Waals surface area contributed by atoms with Crippen LogP contribution in [0, 0.1) is 0 Å². The summed E-state index contributed by atoms with van der Waals surface area (Å²) < 4.78 is 64.1. The number of hydrogen-bond acceptors (Lipinski definition) is 7. The molecule has 0 saturated carbocycles. The summed E-state index contributed by atoms with van der Waals surface area (Å²) in [6.07, 6.45) is -9.97. The lowest BCUT2D eigenvalue weighted by molar-refractivity contribution is -0.236. The molecule has 0 bridgehead atoms. The highest BCUT2D eigenvalue weighted by atomic mass is 32.2. The SMILES string of the molecule is CCS[C@H]1O[C@@H](C)[C@@H](OC(=O)c2ccccc2)[C@@H](OC(=O)C(F)(F)F)[C@@H]1O[Si](C(C)C)(C(C)C)C(C)C. The van der Waals surface area contributed by atoms with Crippen LogP contribution in [0.15, 0.2) is 30.3 Å². The topological polar surface area (TPSA) is 71.1 Å². The van der Waals surface area contributed by atoms with Gasteiger partial charge < -0.3 is 18.6 Å². The molecule has 5 atom stereocenters. The molecule has 6 nitrogen and oxygen atoms in total. The van der Waals surface area contributed by atoms with Gasteiger partial charge in [0.25, 0.3) is 0 Å². The minimum Gasteiger partial charge on any atom is -0.452 e. The number of hydrogen-bond donors (Lipinski definition) is 0. The number of alkyl halides is 3. The van der Waals surface area contributed by atoms with Crippen molar-refractivity contribution in [1.82, 2.24) is 0 Å². The highest BCUT2D eigenvalue weighted by Gasteiger charge is 2.57. The molecule has 0 radical (unpaired) electrons. The van der Waals surface area contributed by atoms with Crippen LogP contribution in [-0.4, -0.2) is 62.0 Å². The molecule has 0 aliphatic carbocycles. The number of carbonyl (C=O) groups excluding carboxylic acids is 2. The molecule has 210 valence electrons. The Bertz CT molecular complexity index is 874. The van der Waals surface area contributed by atoms with Gasteiger partial charge in [0.05, 0.1) is 11.7 Å². The second kappa shape index (κ2) is 13.0. The first kappa shape index (κ1) is 31.7. The van der Waals surface area contributed by atoms with E-state index < -0.39 is 56.3 Å². The number of benzene rings is 1. The maximum atomic E-state index is 13.4. The Morgan fingerprint density at radius 3 is 1.95 bits per heavy atom. The molecule has 0 spiro atoms. The summed E-state index contributed by atoms with van der Waals surface area (Å²) in [6.45, 7) is 15.8. The molecule has 1 aromatic carbocycles. The minimum atomic E-state index is -5.23. The fourth-order valence-corrected chi connectivity index (χ4v) is 11.9. The van der Waals surface area contributed by atoms with Gasteiger partial charge in [0.15, 0.2) is 12.2 Å². The highest BCUT2D eigenvalue weighted by molar-refractivity contribution is 7.99. The van der Waals surface area contributed by atoms with Gasteiger partial charge in [0.1, 0.15) is 11.5 Å². The molecule has 0 amide bonds. The van der Waals surface area contributed by atoms with E-state index in [2.05, 4.69) is 0 Å². The van der Waals surface area contributed by atoms with Crippen molar-refractivity contribution in [3.05, 3.63) is 35.9 Å². The van der Waals surface area contributed by atoms with E-state index in [9.17, 15) is 22.8 Å². The average molecular weight is 565 g/mol. The predicted molar refractivity (Wildman–Crippen MR) is 140 cm³/mol. The average Bonchev–Trinajstić information content (AvgIpc) is 2.80. The van der Waals surface area contributed by atoms with Gasteiger partial charge in [-0.1, -0.05) is 66.7 Å². The molecule has 2 rings (SSSR count). The van der Waals surface area contributed by atoms with Crippen LogP contribution in [0.3, 0.4) is 0 Å². The lowest BCUT2D eigenvalue weighted by atomic mass is 10.00.